The molecule has 2 N–H and O–H groups in total. The molecule has 2 atom stereocenters. The molecule has 2 fully saturated rings. The number of likely N-dealkylation sites (tertiary alicyclic amines) is 1. The summed E-state index contributed by atoms with van der Waals surface area (Å²) in [5, 5.41) is 10.8. The molecule has 2 aliphatic heterocycles. The second kappa shape index (κ2) is 9.35. The van der Waals surface area contributed by atoms with Gasteiger partial charge in [-0.25, -0.2) is 4.79 Å². The predicted molar refractivity (Wildman–Crippen MR) is 115 cm³/mol. The van der Waals surface area contributed by atoms with Crippen LogP contribution in [0.5, 0.6) is 0 Å². The SMILES string of the molecule is Cc1ccc(NC(=O)NC2=CC(N=[N+]3CCCC3CN3CCCC3)CC=C2)cc1. The van der Waals surface area contributed by atoms with Crippen molar-refractivity contribution in [2.24, 2.45) is 5.11 Å². The van der Waals surface area contributed by atoms with Gasteiger partial charge >= 0.3 is 6.03 Å². The lowest BCUT2D eigenvalue weighted by Gasteiger charge is -2.17. The van der Waals surface area contributed by atoms with Crippen LogP contribution in [-0.4, -0.2) is 53.9 Å². The summed E-state index contributed by atoms with van der Waals surface area (Å²) in [6.07, 6.45) is 12.1. The molecule has 6 nitrogen and oxygen atoms in total. The minimum atomic E-state index is -0.224. The number of azo groups is 2. The molecule has 0 aromatic heterocycles. The van der Waals surface area contributed by atoms with Crippen LogP contribution < -0.4 is 10.6 Å². The Kier molecular flexibility index (Phi) is 6.39. The van der Waals surface area contributed by atoms with Gasteiger partial charge < -0.3 is 10.6 Å². The van der Waals surface area contributed by atoms with Gasteiger partial charge in [0.2, 0.25) is 0 Å². The van der Waals surface area contributed by atoms with E-state index in [-0.39, 0.29) is 12.1 Å². The van der Waals surface area contributed by atoms with E-state index in [1.165, 1.54) is 44.3 Å². The smallest absolute Gasteiger partial charge is 0.308 e. The van der Waals surface area contributed by atoms with Crippen LogP contribution in [0.15, 0.2) is 53.3 Å². The van der Waals surface area contributed by atoms with Crippen molar-refractivity contribution in [3.05, 3.63) is 53.8 Å². The summed E-state index contributed by atoms with van der Waals surface area (Å²) in [5.41, 5.74) is 2.77. The molecule has 6 heteroatoms. The van der Waals surface area contributed by atoms with Gasteiger partial charge in [0, 0.05) is 24.2 Å². The van der Waals surface area contributed by atoms with Gasteiger partial charge in [0.25, 0.3) is 0 Å². The Hall–Kier alpha value is -2.47. The molecule has 29 heavy (non-hydrogen) atoms. The minimum Gasteiger partial charge on any atom is -0.308 e. The van der Waals surface area contributed by atoms with Gasteiger partial charge in [0.15, 0.2) is 12.6 Å². The topological polar surface area (TPSA) is 59.7 Å². The Labute approximate surface area is 173 Å². The van der Waals surface area contributed by atoms with Crippen LogP contribution in [0.1, 0.15) is 37.7 Å². The molecule has 3 aliphatic rings. The van der Waals surface area contributed by atoms with Gasteiger partial charge in [-0.05, 0) is 68.7 Å². The third-order valence-electron chi connectivity index (χ3n) is 5.92. The lowest BCUT2D eigenvalue weighted by Crippen LogP contribution is -2.34. The molecule has 0 radical (unpaired) electrons. The van der Waals surface area contributed by atoms with Gasteiger partial charge in [0.05, 0.1) is 6.54 Å². The largest absolute Gasteiger partial charge is 0.323 e. The summed E-state index contributed by atoms with van der Waals surface area (Å²) in [6, 6.07) is 8.19. The summed E-state index contributed by atoms with van der Waals surface area (Å²) in [4.78, 5) is 14.9. The molecular weight excluding hydrogens is 362 g/mol. The molecule has 0 bridgehead atoms. The number of nitrogens with zero attached hydrogens (tertiary/aromatic N) is 3. The second-order valence-corrected chi connectivity index (χ2v) is 8.35. The van der Waals surface area contributed by atoms with Crippen LogP contribution in [0.25, 0.3) is 0 Å². The third-order valence-corrected chi connectivity index (χ3v) is 5.92. The summed E-state index contributed by atoms with van der Waals surface area (Å²) < 4.78 is 2.31. The fraction of sp³-hybridized carbons (Fsp3) is 0.522. The zero-order valence-corrected chi connectivity index (χ0v) is 17.3. The van der Waals surface area contributed by atoms with E-state index in [2.05, 4.69) is 32.4 Å². The van der Waals surface area contributed by atoms with Gasteiger partial charge in [-0.15, -0.1) is 4.70 Å². The summed E-state index contributed by atoms with van der Waals surface area (Å²) >= 11 is 0. The van der Waals surface area contributed by atoms with Crippen molar-refractivity contribution >= 4 is 11.7 Å². The highest BCUT2D eigenvalue weighted by Gasteiger charge is 2.33. The number of rotatable bonds is 5. The van der Waals surface area contributed by atoms with Crippen molar-refractivity contribution in [3.63, 3.8) is 0 Å². The molecule has 2 saturated heterocycles. The van der Waals surface area contributed by atoms with Crippen molar-refractivity contribution in [2.45, 2.75) is 51.1 Å². The molecule has 4 rings (SSSR count). The van der Waals surface area contributed by atoms with E-state index in [1.54, 1.807) is 0 Å². The number of carbonyl (C=O) groups excluding carboxylic acids is 1. The maximum absolute atomic E-state index is 12.3. The average Bonchev–Trinajstić information content (AvgIpc) is 3.37. The first-order valence-electron chi connectivity index (χ1n) is 10.9. The predicted octanol–water partition coefficient (Wildman–Crippen LogP) is 4.05. The van der Waals surface area contributed by atoms with Gasteiger partial charge in [-0.1, -0.05) is 23.8 Å². The van der Waals surface area contributed by atoms with Crippen LogP contribution in [0.3, 0.4) is 0 Å². The van der Waals surface area contributed by atoms with Crippen molar-refractivity contribution in [2.75, 3.05) is 31.5 Å². The lowest BCUT2D eigenvalue weighted by atomic mass is 10.1. The van der Waals surface area contributed by atoms with Crippen molar-refractivity contribution in [3.8, 4) is 0 Å². The minimum absolute atomic E-state index is 0.0915. The lowest BCUT2D eigenvalue weighted by molar-refractivity contribution is -0.611. The zero-order valence-electron chi connectivity index (χ0n) is 17.3. The highest BCUT2D eigenvalue weighted by molar-refractivity contribution is 5.90. The normalized spacial score (nSPS) is 26.0. The number of carbonyl (C=O) groups is 1. The Morgan fingerprint density at radius 2 is 1.97 bits per heavy atom. The first-order chi connectivity index (χ1) is 14.2. The van der Waals surface area contributed by atoms with E-state index in [0.29, 0.717) is 6.04 Å². The number of hydrogen-bond acceptors (Lipinski definition) is 3. The molecule has 2 amide bonds. The van der Waals surface area contributed by atoms with Crippen LogP contribution >= 0.6 is 0 Å². The number of nitrogens with one attached hydrogen (secondary N) is 2. The summed E-state index contributed by atoms with van der Waals surface area (Å²) in [7, 11) is 0. The highest BCUT2D eigenvalue weighted by Crippen LogP contribution is 2.20. The van der Waals surface area contributed by atoms with Crippen molar-refractivity contribution < 1.29 is 9.49 Å². The molecule has 1 aromatic carbocycles. The quantitative estimate of drug-likeness (QED) is 0.740. The van der Waals surface area contributed by atoms with Crippen LogP contribution in [0.4, 0.5) is 10.5 Å². The Balaban J connectivity index is 1.35. The van der Waals surface area contributed by atoms with E-state index in [4.69, 9.17) is 5.11 Å². The number of hydrogen-bond donors (Lipinski definition) is 2. The zero-order chi connectivity index (χ0) is 20.1. The third kappa shape index (κ3) is 5.54. The molecule has 2 unspecified atom stereocenters. The number of urea groups is 1. The van der Waals surface area contributed by atoms with Crippen molar-refractivity contribution in [1.82, 2.24) is 10.2 Å². The first kappa shape index (κ1) is 19.8. The maximum Gasteiger partial charge on any atom is 0.323 e. The number of anilines is 1. The summed E-state index contributed by atoms with van der Waals surface area (Å²) in [6.45, 7) is 6.69. The van der Waals surface area contributed by atoms with Crippen LogP contribution in [0.2, 0.25) is 0 Å². The highest BCUT2D eigenvalue weighted by atomic mass is 16.2. The van der Waals surface area contributed by atoms with Crippen LogP contribution in [-0.2, 0) is 0 Å². The van der Waals surface area contributed by atoms with Gasteiger partial charge in [-0.3, -0.25) is 4.90 Å². The fourth-order valence-electron chi connectivity index (χ4n) is 4.37. The summed E-state index contributed by atoms with van der Waals surface area (Å²) in [5.74, 6) is 0. The Bertz CT molecular complexity index is 805. The second-order valence-electron chi connectivity index (χ2n) is 8.35. The fourth-order valence-corrected chi connectivity index (χ4v) is 4.37. The molecule has 0 spiro atoms. The molecule has 1 aromatic rings. The van der Waals surface area contributed by atoms with Gasteiger partial charge in [0.1, 0.15) is 6.04 Å². The molecule has 0 saturated carbocycles. The van der Waals surface area contributed by atoms with E-state index < -0.39 is 0 Å². The average molecular weight is 395 g/mol. The number of benzene rings is 1. The molecule has 154 valence electrons. The molecule has 1 aliphatic carbocycles. The number of allylic oxidation sites excluding steroid dienone is 1. The van der Waals surface area contributed by atoms with Crippen LogP contribution in [0, 0.1) is 6.92 Å². The van der Waals surface area contributed by atoms with Crippen molar-refractivity contribution in [1.29, 1.82) is 0 Å². The molecular formula is C23H32N5O+. The standard InChI is InChI=1S/C23H31N5O/c1-18-9-11-19(12-10-18)24-23(29)25-20-6-4-7-21(16-20)26-28-15-5-8-22(28)17-27-13-2-3-14-27/h4,6,9-12,16,21-22H,2-3,5,7-8,13-15,17H2,1H3,(H-,24,25,29)/p+1. The molecule has 2 heterocycles. The van der Waals surface area contributed by atoms with E-state index >= 15 is 0 Å². The van der Waals surface area contributed by atoms with E-state index in [1.807, 2.05) is 37.3 Å². The maximum atomic E-state index is 12.3. The number of aryl methyl sites for hydroxylation is 1. The van der Waals surface area contributed by atoms with E-state index in [9.17, 15) is 4.79 Å². The Morgan fingerprint density at radius 1 is 1.17 bits per heavy atom. The first-order valence-corrected chi connectivity index (χ1v) is 10.9. The van der Waals surface area contributed by atoms with Gasteiger partial charge in [-0.2, -0.15) is 0 Å². The monoisotopic (exact) mass is 394 g/mol. The number of amides is 2. The van der Waals surface area contributed by atoms with E-state index in [0.717, 1.165) is 30.9 Å². The Morgan fingerprint density at radius 3 is 2.76 bits per heavy atom.